The zero-order valence-electron chi connectivity index (χ0n) is 12.4. The Hall–Kier alpha value is -0.250. The van der Waals surface area contributed by atoms with Gasteiger partial charge in [0, 0.05) is 12.5 Å². The van der Waals surface area contributed by atoms with Gasteiger partial charge in [-0.25, -0.2) is 0 Å². The fourth-order valence-electron chi connectivity index (χ4n) is 3.17. The Morgan fingerprint density at radius 3 is 2.42 bits per heavy atom. The van der Waals surface area contributed by atoms with Crippen LogP contribution < -0.4 is 5.32 Å². The van der Waals surface area contributed by atoms with Crippen LogP contribution in [0.4, 0.5) is 13.2 Å². The van der Waals surface area contributed by atoms with E-state index in [0.717, 1.165) is 12.5 Å². The number of unbranched alkanes of at least 4 members (excludes halogenated alkanes) is 1. The minimum Gasteiger partial charge on any atom is -0.314 e. The molecule has 0 spiro atoms. The van der Waals surface area contributed by atoms with E-state index in [1.807, 2.05) is 0 Å². The Kier molecular flexibility index (Phi) is 6.64. The molecular weight excluding hydrogens is 251 g/mol. The van der Waals surface area contributed by atoms with Crippen molar-refractivity contribution in [1.82, 2.24) is 5.32 Å². The van der Waals surface area contributed by atoms with E-state index in [1.54, 1.807) is 0 Å². The van der Waals surface area contributed by atoms with Crippen LogP contribution in [0.15, 0.2) is 0 Å². The van der Waals surface area contributed by atoms with Gasteiger partial charge in [0.25, 0.3) is 0 Å². The molecule has 3 unspecified atom stereocenters. The largest absolute Gasteiger partial charge is 0.389 e. The second-order valence-corrected chi connectivity index (χ2v) is 6.46. The van der Waals surface area contributed by atoms with E-state index in [0.29, 0.717) is 24.3 Å². The van der Waals surface area contributed by atoms with Crippen molar-refractivity contribution in [3.63, 3.8) is 0 Å². The van der Waals surface area contributed by atoms with Gasteiger partial charge in [-0.2, -0.15) is 13.2 Å². The average Bonchev–Trinajstić information content (AvgIpc) is 2.26. The summed E-state index contributed by atoms with van der Waals surface area (Å²) in [6.07, 6.45) is -0.0836. The summed E-state index contributed by atoms with van der Waals surface area (Å²) in [4.78, 5) is 0. The molecule has 0 heterocycles. The molecular formula is C15H28F3N. The quantitative estimate of drug-likeness (QED) is 0.691. The summed E-state index contributed by atoms with van der Waals surface area (Å²) in [5, 5.41) is 3.50. The first kappa shape index (κ1) is 16.8. The Balaban J connectivity index is 2.25. The van der Waals surface area contributed by atoms with Gasteiger partial charge in [-0.1, -0.05) is 27.2 Å². The molecule has 4 heteroatoms. The molecule has 1 N–H and O–H groups in total. The second kappa shape index (κ2) is 7.51. The maximum absolute atomic E-state index is 12.0. The lowest BCUT2D eigenvalue weighted by Crippen LogP contribution is -2.43. The summed E-state index contributed by atoms with van der Waals surface area (Å²) in [6, 6.07) is 0.495. The molecule has 0 aromatic carbocycles. The molecule has 0 bridgehead atoms. The smallest absolute Gasteiger partial charge is 0.314 e. The first-order chi connectivity index (χ1) is 8.79. The highest BCUT2D eigenvalue weighted by atomic mass is 19.4. The van der Waals surface area contributed by atoms with Gasteiger partial charge in [-0.15, -0.1) is 0 Å². The van der Waals surface area contributed by atoms with Gasteiger partial charge in [0.2, 0.25) is 0 Å². The van der Waals surface area contributed by atoms with Crippen molar-refractivity contribution >= 4 is 0 Å². The van der Waals surface area contributed by atoms with Crippen molar-refractivity contribution in [3.05, 3.63) is 0 Å². The van der Waals surface area contributed by atoms with Crippen molar-refractivity contribution in [1.29, 1.82) is 0 Å². The number of hydrogen-bond acceptors (Lipinski definition) is 1. The summed E-state index contributed by atoms with van der Waals surface area (Å²) >= 11 is 0. The lowest BCUT2D eigenvalue weighted by atomic mass is 9.74. The van der Waals surface area contributed by atoms with Crippen LogP contribution in [0.25, 0.3) is 0 Å². The summed E-state index contributed by atoms with van der Waals surface area (Å²) < 4.78 is 36.1. The predicted octanol–water partition coefficient (Wildman–Crippen LogP) is 4.77. The highest BCUT2D eigenvalue weighted by Crippen LogP contribution is 2.33. The highest BCUT2D eigenvalue weighted by Gasteiger charge is 2.30. The lowest BCUT2D eigenvalue weighted by molar-refractivity contribution is -0.135. The standard InChI is InChI=1S/C15H28F3N/c1-11(2)13-7-6-12(3)10-14(13)19-9-5-4-8-15(16,17)18/h11-14,19H,4-10H2,1-3H3. The van der Waals surface area contributed by atoms with E-state index in [1.165, 1.54) is 19.3 Å². The monoisotopic (exact) mass is 279 g/mol. The van der Waals surface area contributed by atoms with Crippen LogP contribution in [0.1, 0.15) is 59.3 Å². The molecule has 0 aromatic rings. The van der Waals surface area contributed by atoms with E-state index < -0.39 is 12.6 Å². The normalized spacial score (nSPS) is 28.9. The number of nitrogens with one attached hydrogen (secondary N) is 1. The molecule has 1 aliphatic rings. The zero-order chi connectivity index (χ0) is 14.5. The van der Waals surface area contributed by atoms with E-state index >= 15 is 0 Å². The number of halogens is 3. The van der Waals surface area contributed by atoms with Crippen molar-refractivity contribution in [2.24, 2.45) is 17.8 Å². The molecule has 0 radical (unpaired) electrons. The predicted molar refractivity (Wildman–Crippen MR) is 73.0 cm³/mol. The van der Waals surface area contributed by atoms with Gasteiger partial charge in [0.15, 0.2) is 0 Å². The summed E-state index contributed by atoms with van der Waals surface area (Å²) in [5.74, 6) is 2.07. The van der Waals surface area contributed by atoms with Crippen LogP contribution in [0.5, 0.6) is 0 Å². The molecule has 0 saturated heterocycles. The third-order valence-electron chi connectivity index (χ3n) is 4.32. The fraction of sp³-hybridized carbons (Fsp3) is 1.00. The second-order valence-electron chi connectivity index (χ2n) is 6.46. The first-order valence-corrected chi connectivity index (χ1v) is 7.59. The third kappa shape index (κ3) is 6.64. The van der Waals surface area contributed by atoms with Crippen molar-refractivity contribution in [3.8, 4) is 0 Å². The van der Waals surface area contributed by atoms with Crippen LogP contribution in [0.2, 0.25) is 0 Å². The first-order valence-electron chi connectivity index (χ1n) is 7.59. The SMILES string of the molecule is CC1CCC(C(C)C)C(NCCCCC(F)(F)F)C1. The Morgan fingerprint density at radius 2 is 1.84 bits per heavy atom. The number of alkyl halides is 3. The molecule has 1 fully saturated rings. The molecule has 0 aromatic heterocycles. The molecule has 1 saturated carbocycles. The minimum atomic E-state index is -4.00. The topological polar surface area (TPSA) is 12.0 Å². The van der Waals surface area contributed by atoms with Gasteiger partial charge in [0.05, 0.1) is 0 Å². The number of rotatable bonds is 6. The van der Waals surface area contributed by atoms with Crippen LogP contribution in [-0.4, -0.2) is 18.8 Å². The molecule has 3 atom stereocenters. The molecule has 0 amide bonds. The van der Waals surface area contributed by atoms with Gasteiger partial charge in [-0.3, -0.25) is 0 Å². The Morgan fingerprint density at radius 1 is 1.16 bits per heavy atom. The van der Waals surface area contributed by atoms with E-state index in [-0.39, 0.29) is 6.42 Å². The minimum absolute atomic E-state index is 0.241. The van der Waals surface area contributed by atoms with Gasteiger partial charge in [-0.05, 0) is 50.0 Å². The summed E-state index contributed by atoms with van der Waals surface area (Å²) in [7, 11) is 0. The zero-order valence-corrected chi connectivity index (χ0v) is 12.4. The van der Waals surface area contributed by atoms with Crippen molar-refractivity contribution in [2.45, 2.75) is 71.5 Å². The number of hydrogen-bond donors (Lipinski definition) is 1. The van der Waals surface area contributed by atoms with Crippen LogP contribution in [-0.2, 0) is 0 Å². The summed E-state index contributed by atoms with van der Waals surface area (Å²) in [6.45, 7) is 7.49. The van der Waals surface area contributed by atoms with Crippen LogP contribution >= 0.6 is 0 Å². The van der Waals surface area contributed by atoms with Crippen molar-refractivity contribution in [2.75, 3.05) is 6.54 Å². The fourth-order valence-corrected chi connectivity index (χ4v) is 3.17. The van der Waals surface area contributed by atoms with Crippen molar-refractivity contribution < 1.29 is 13.2 Å². The molecule has 19 heavy (non-hydrogen) atoms. The highest BCUT2D eigenvalue weighted by molar-refractivity contribution is 4.85. The van der Waals surface area contributed by atoms with E-state index in [4.69, 9.17) is 0 Å². The summed E-state index contributed by atoms with van der Waals surface area (Å²) in [5.41, 5.74) is 0. The van der Waals surface area contributed by atoms with E-state index in [2.05, 4.69) is 26.1 Å². The van der Waals surface area contributed by atoms with Gasteiger partial charge >= 0.3 is 6.18 Å². The van der Waals surface area contributed by atoms with Gasteiger partial charge < -0.3 is 5.32 Å². The maximum Gasteiger partial charge on any atom is 0.389 e. The third-order valence-corrected chi connectivity index (χ3v) is 4.32. The molecule has 1 rings (SSSR count). The molecule has 1 aliphatic carbocycles. The lowest BCUT2D eigenvalue weighted by Gasteiger charge is -2.38. The van der Waals surface area contributed by atoms with Crippen LogP contribution in [0.3, 0.4) is 0 Å². The van der Waals surface area contributed by atoms with Gasteiger partial charge in [0.1, 0.15) is 0 Å². The molecule has 1 nitrogen and oxygen atoms in total. The maximum atomic E-state index is 12.0. The molecule has 0 aliphatic heterocycles. The average molecular weight is 279 g/mol. The Bertz CT molecular complexity index is 250. The Labute approximate surface area is 115 Å². The molecule has 114 valence electrons. The van der Waals surface area contributed by atoms with Crippen LogP contribution in [0, 0.1) is 17.8 Å². The van der Waals surface area contributed by atoms with E-state index in [9.17, 15) is 13.2 Å².